The van der Waals surface area contributed by atoms with Gasteiger partial charge >= 0.3 is 5.69 Å². The predicted octanol–water partition coefficient (Wildman–Crippen LogP) is 1.10. The smallest absolute Gasteiger partial charge is 0.326 e. The SMILES string of the molecule is N#Cc1cnc(NCCn2c(=O)[nH]c3ccccc32)cn1. The molecule has 0 spiro atoms. The van der Waals surface area contributed by atoms with Crippen LogP contribution in [0, 0.1) is 11.3 Å². The molecule has 0 amide bonds. The van der Waals surface area contributed by atoms with Crippen LogP contribution in [0.2, 0.25) is 0 Å². The largest absolute Gasteiger partial charge is 0.367 e. The van der Waals surface area contributed by atoms with Crippen molar-refractivity contribution >= 4 is 16.9 Å². The fourth-order valence-corrected chi connectivity index (χ4v) is 2.10. The molecule has 0 saturated heterocycles. The Morgan fingerprint density at radius 3 is 2.90 bits per heavy atom. The Balaban J connectivity index is 1.70. The summed E-state index contributed by atoms with van der Waals surface area (Å²) >= 11 is 0. The molecule has 0 aliphatic carbocycles. The summed E-state index contributed by atoms with van der Waals surface area (Å²) in [4.78, 5) is 22.7. The third-order valence-corrected chi connectivity index (χ3v) is 3.09. The number of H-pyrrole nitrogens is 1. The van der Waals surface area contributed by atoms with Crippen molar-refractivity contribution in [3.63, 3.8) is 0 Å². The number of hydrogen-bond donors (Lipinski definition) is 2. The molecule has 0 radical (unpaired) electrons. The molecule has 1 aromatic carbocycles. The van der Waals surface area contributed by atoms with Crippen LogP contribution < -0.4 is 11.0 Å². The van der Waals surface area contributed by atoms with Crippen LogP contribution in [-0.4, -0.2) is 26.1 Å². The van der Waals surface area contributed by atoms with Crippen molar-refractivity contribution in [3.8, 4) is 6.07 Å². The Kier molecular flexibility index (Phi) is 3.35. The number of anilines is 1. The van der Waals surface area contributed by atoms with Gasteiger partial charge < -0.3 is 10.3 Å². The number of nitriles is 1. The van der Waals surface area contributed by atoms with E-state index in [9.17, 15) is 4.79 Å². The molecule has 0 bridgehead atoms. The third-order valence-electron chi connectivity index (χ3n) is 3.09. The van der Waals surface area contributed by atoms with E-state index in [1.165, 1.54) is 12.4 Å². The van der Waals surface area contributed by atoms with Crippen LogP contribution in [0.1, 0.15) is 5.69 Å². The van der Waals surface area contributed by atoms with Gasteiger partial charge in [-0.3, -0.25) is 4.57 Å². The minimum atomic E-state index is -0.135. The molecule has 2 heterocycles. The maximum atomic E-state index is 11.9. The quantitative estimate of drug-likeness (QED) is 0.745. The molecule has 2 aromatic heterocycles. The summed E-state index contributed by atoms with van der Waals surface area (Å²) in [6.07, 6.45) is 2.90. The van der Waals surface area contributed by atoms with Gasteiger partial charge in [-0.25, -0.2) is 14.8 Å². The van der Waals surface area contributed by atoms with Gasteiger partial charge in [0.25, 0.3) is 0 Å². The summed E-state index contributed by atoms with van der Waals surface area (Å²) in [5.41, 5.74) is 1.83. The number of fused-ring (bicyclic) bond motifs is 1. The maximum absolute atomic E-state index is 11.9. The van der Waals surface area contributed by atoms with Crippen molar-refractivity contribution in [2.75, 3.05) is 11.9 Å². The van der Waals surface area contributed by atoms with Gasteiger partial charge in [0, 0.05) is 13.1 Å². The maximum Gasteiger partial charge on any atom is 0.326 e. The van der Waals surface area contributed by atoms with Crippen LogP contribution in [0.3, 0.4) is 0 Å². The summed E-state index contributed by atoms with van der Waals surface area (Å²) in [5.74, 6) is 0.571. The molecule has 7 nitrogen and oxygen atoms in total. The second kappa shape index (κ2) is 5.46. The topological polar surface area (TPSA) is 99.4 Å². The monoisotopic (exact) mass is 280 g/mol. The van der Waals surface area contributed by atoms with Crippen LogP contribution >= 0.6 is 0 Å². The molecule has 3 rings (SSSR count). The highest BCUT2D eigenvalue weighted by molar-refractivity contribution is 5.74. The van der Waals surface area contributed by atoms with E-state index in [-0.39, 0.29) is 11.4 Å². The first-order valence-electron chi connectivity index (χ1n) is 6.41. The Morgan fingerprint density at radius 1 is 1.29 bits per heavy atom. The molecule has 0 atom stereocenters. The average molecular weight is 280 g/mol. The molecule has 21 heavy (non-hydrogen) atoms. The summed E-state index contributed by atoms with van der Waals surface area (Å²) in [6, 6.07) is 9.45. The highest BCUT2D eigenvalue weighted by Gasteiger charge is 2.05. The van der Waals surface area contributed by atoms with Gasteiger partial charge in [-0.15, -0.1) is 0 Å². The predicted molar refractivity (Wildman–Crippen MR) is 77.8 cm³/mol. The van der Waals surface area contributed by atoms with Crippen molar-refractivity contribution in [3.05, 3.63) is 52.8 Å². The van der Waals surface area contributed by atoms with E-state index in [1.807, 2.05) is 30.3 Å². The number of hydrogen-bond acceptors (Lipinski definition) is 5. The zero-order chi connectivity index (χ0) is 14.7. The molecule has 104 valence electrons. The van der Waals surface area contributed by atoms with Crippen LogP contribution in [0.5, 0.6) is 0 Å². The van der Waals surface area contributed by atoms with E-state index in [4.69, 9.17) is 5.26 Å². The first-order chi connectivity index (χ1) is 10.3. The number of aromatic nitrogens is 4. The normalized spacial score (nSPS) is 10.4. The first kappa shape index (κ1) is 12.9. The number of rotatable bonds is 4. The summed E-state index contributed by atoms with van der Waals surface area (Å²) in [7, 11) is 0. The second-order valence-corrected chi connectivity index (χ2v) is 4.42. The van der Waals surface area contributed by atoms with E-state index < -0.39 is 0 Å². The van der Waals surface area contributed by atoms with Crippen molar-refractivity contribution in [2.24, 2.45) is 0 Å². The van der Waals surface area contributed by atoms with E-state index in [0.717, 1.165) is 11.0 Å². The number of aromatic amines is 1. The fraction of sp³-hybridized carbons (Fsp3) is 0.143. The van der Waals surface area contributed by atoms with Gasteiger partial charge in [0.2, 0.25) is 0 Å². The minimum absolute atomic E-state index is 0.135. The fourth-order valence-electron chi connectivity index (χ4n) is 2.10. The average Bonchev–Trinajstić information content (AvgIpc) is 2.84. The Bertz CT molecular complexity index is 856. The highest BCUT2D eigenvalue weighted by atomic mass is 16.1. The number of imidazole rings is 1. The van der Waals surface area contributed by atoms with E-state index in [2.05, 4.69) is 20.3 Å². The molecule has 2 N–H and O–H groups in total. The molecule has 0 aliphatic rings. The van der Waals surface area contributed by atoms with Gasteiger partial charge in [0.15, 0.2) is 5.69 Å². The van der Waals surface area contributed by atoms with E-state index in [1.54, 1.807) is 4.57 Å². The van der Waals surface area contributed by atoms with Crippen molar-refractivity contribution < 1.29 is 0 Å². The molecular formula is C14H12N6O. The molecule has 3 aromatic rings. The second-order valence-electron chi connectivity index (χ2n) is 4.42. The van der Waals surface area contributed by atoms with Crippen LogP contribution in [0.4, 0.5) is 5.82 Å². The Labute approximate surface area is 119 Å². The van der Waals surface area contributed by atoms with Gasteiger partial charge in [-0.1, -0.05) is 12.1 Å². The van der Waals surface area contributed by atoms with Crippen molar-refractivity contribution in [1.29, 1.82) is 5.26 Å². The number of para-hydroxylation sites is 2. The molecule has 0 unspecified atom stereocenters. The lowest BCUT2D eigenvalue weighted by molar-refractivity contribution is 0.719. The standard InChI is InChI=1S/C14H12N6O/c15-7-10-8-18-13(9-17-10)16-5-6-20-12-4-2-1-3-11(12)19-14(20)21/h1-4,8-9H,5-6H2,(H,16,18)(H,19,21). The van der Waals surface area contributed by atoms with Crippen LogP contribution in [-0.2, 0) is 6.54 Å². The highest BCUT2D eigenvalue weighted by Crippen LogP contribution is 2.08. The third kappa shape index (κ3) is 2.60. The van der Waals surface area contributed by atoms with Gasteiger partial charge in [0.1, 0.15) is 11.9 Å². The Hall–Kier alpha value is -3.14. The lowest BCUT2D eigenvalue weighted by Gasteiger charge is -2.06. The number of nitrogens with zero attached hydrogens (tertiary/aromatic N) is 4. The van der Waals surface area contributed by atoms with Crippen molar-refractivity contribution in [1.82, 2.24) is 19.5 Å². The summed E-state index contributed by atoms with van der Waals surface area (Å²) in [6.45, 7) is 1.03. The molecule has 0 fully saturated rings. The molecule has 0 aliphatic heterocycles. The summed E-state index contributed by atoms with van der Waals surface area (Å²) in [5, 5.41) is 11.7. The number of benzene rings is 1. The lowest BCUT2D eigenvalue weighted by atomic mass is 10.3. The molecule has 7 heteroatoms. The van der Waals surface area contributed by atoms with Crippen LogP contribution in [0.15, 0.2) is 41.5 Å². The van der Waals surface area contributed by atoms with Gasteiger partial charge in [-0.2, -0.15) is 5.26 Å². The van der Waals surface area contributed by atoms with E-state index in [0.29, 0.717) is 18.9 Å². The Morgan fingerprint density at radius 2 is 2.14 bits per heavy atom. The lowest BCUT2D eigenvalue weighted by Crippen LogP contribution is -2.21. The molecular weight excluding hydrogens is 268 g/mol. The zero-order valence-corrected chi connectivity index (χ0v) is 11.1. The minimum Gasteiger partial charge on any atom is -0.367 e. The van der Waals surface area contributed by atoms with Crippen molar-refractivity contribution in [2.45, 2.75) is 6.54 Å². The first-order valence-corrected chi connectivity index (χ1v) is 6.41. The van der Waals surface area contributed by atoms with E-state index >= 15 is 0 Å². The van der Waals surface area contributed by atoms with Crippen LogP contribution in [0.25, 0.3) is 11.0 Å². The molecule has 0 saturated carbocycles. The summed E-state index contributed by atoms with van der Waals surface area (Å²) < 4.78 is 1.67. The van der Waals surface area contributed by atoms with Gasteiger partial charge in [-0.05, 0) is 12.1 Å². The van der Waals surface area contributed by atoms with Gasteiger partial charge in [0.05, 0.1) is 23.4 Å². The number of nitrogens with one attached hydrogen (secondary N) is 2. The zero-order valence-electron chi connectivity index (χ0n) is 11.1.